The predicted octanol–water partition coefficient (Wildman–Crippen LogP) is 3.54. The van der Waals surface area contributed by atoms with Crippen molar-refractivity contribution in [3.8, 4) is 17.2 Å². The van der Waals surface area contributed by atoms with E-state index in [2.05, 4.69) is 6.92 Å². The molecule has 1 aromatic carbocycles. The third-order valence-electron chi connectivity index (χ3n) is 4.58. The highest BCUT2D eigenvalue weighted by atomic mass is 16.5. The van der Waals surface area contributed by atoms with Crippen LogP contribution in [0, 0.1) is 11.8 Å². The Bertz CT molecular complexity index is 475. The SMILES string of the molecule is COc1cc(OC)c(C(N)C2CCCC(C)C2)cc1OC. The Balaban J connectivity index is 2.32. The zero-order chi connectivity index (χ0) is 15.4. The van der Waals surface area contributed by atoms with Crippen LogP contribution in [0.2, 0.25) is 0 Å². The molecule has 118 valence electrons. The molecule has 0 radical (unpaired) electrons. The fourth-order valence-corrected chi connectivity index (χ4v) is 3.37. The van der Waals surface area contributed by atoms with E-state index in [0.717, 1.165) is 17.2 Å². The summed E-state index contributed by atoms with van der Waals surface area (Å²) in [5.41, 5.74) is 7.56. The Morgan fingerprint density at radius 2 is 1.62 bits per heavy atom. The van der Waals surface area contributed by atoms with Crippen molar-refractivity contribution in [2.24, 2.45) is 17.6 Å². The van der Waals surface area contributed by atoms with E-state index < -0.39 is 0 Å². The van der Waals surface area contributed by atoms with E-state index in [9.17, 15) is 0 Å². The molecule has 4 heteroatoms. The molecular formula is C17H27NO3. The van der Waals surface area contributed by atoms with Gasteiger partial charge in [-0.25, -0.2) is 0 Å². The van der Waals surface area contributed by atoms with Crippen LogP contribution in [-0.2, 0) is 0 Å². The summed E-state index contributed by atoms with van der Waals surface area (Å²) >= 11 is 0. The Hall–Kier alpha value is -1.42. The molecule has 1 saturated carbocycles. The lowest BCUT2D eigenvalue weighted by Crippen LogP contribution is -2.26. The predicted molar refractivity (Wildman–Crippen MR) is 84.1 cm³/mol. The van der Waals surface area contributed by atoms with Crippen LogP contribution in [0.25, 0.3) is 0 Å². The fourth-order valence-electron chi connectivity index (χ4n) is 3.37. The molecule has 1 aliphatic carbocycles. The van der Waals surface area contributed by atoms with Gasteiger partial charge in [-0.05, 0) is 30.7 Å². The van der Waals surface area contributed by atoms with Gasteiger partial charge in [-0.3, -0.25) is 0 Å². The van der Waals surface area contributed by atoms with Crippen LogP contribution in [0.15, 0.2) is 12.1 Å². The van der Waals surface area contributed by atoms with Gasteiger partial charge in [-0.2, -0.15) is 0 Å². The lowest BCUT2D eigenvalue weighted by Gasteiger charge is -2.32. The van der Waals surface area contributed by atoms with E-state index in [4.69, 9.17) is 19.9 Å². The van der Waals surface area contributed by atoms with Crippen molar-refractivity contribution >= 4 is 0 Å². The largest absolute Gasteiger partial charge is 0.496 e. The van der Waals surface area contributed by atoms with Gasteiger partial charge in [-0.1, -0.05) is 19.8 Å². The minimum absolute atomic E-state index is 0.0255. The van der Waals surface area contributed by atoms with Crippen molar-refractivity contribution in [1.82, 2.24) is 0 Å². The minimum Gasteiger partial charge on any atom is -0.496 e. The number of nitrogens with two attached hydrogens (primary N) is 1. The van der Waals surface area contributed by atoms with Crippen LogP contribution < -0.4 is 19.9 Å². The summed E-state index contributed by atoms with van der Waals surface area (Å²) < 4.78 is 16.2. The normalized spacial score (nSPS) is 23.5. The number of methoxy groups -OCH3 is 3. The highest BCUT2D eigenvalue weighted by Gasteiger charge is 2.28. The second-order valence-electron chi connectivity index (χ2n) is 6.01. The van der Waals surface area contributed by atoms with Crippen LogP contribution >= 0.6 is 0 Å². The molecule has 0 spiro atoms. The van der Waals surface area contributed by atoms with E-state index in [0.29, 0.717) is 17.4 Å². The van der Waals surface area contributed by atoms with Crippen LogP contribution in [0.5, 0.6) is 17.2 Å². The molecule has 1 aromatic rings. The first-order valence-electron chi connectivity index (χ1n) is 7.66. The smallest absolute Gasteiger partial charge is 0.164 e. The summed E-state index contributed by atoms with van der Waals surface area (Å²) in [6.07, 6.45) is 4.93. The lowest BCUT2D eigenvalue weighted by atomic mass is 9.77. The van der Waals surface area contributed by atoms with Crippen molar-refractivity contribution in [1.29, 1.82) is 0 Å². The maximum atomic E-state index is 6.55. The average molecular weight is 293 g/mol. The summed E-state index contributed by atoms with van der Waals surface area (Å²) in [7, 11) is 4.93. The third kappa shape index (κ3) is 3.43. The minimum atomic E-state index is -0.0255. The van der Waals surface area contributed by atoms with Gasteiger partial charge < -0.3 is 19.9 Å². The fraction of sp³-hybridized carbons (Fsp3) is 0.647. The standard InChI is InChI=1S/C17H27NO3/c1-11-6-5-7-12(8-11)17(18)13-9-15(20-3)16(21-4)10-14(13)19-2/h9-12,17H,5-8,18H2,1-4H3. The van der Waals surface area contributed by atoms with E-state index >= 15 is 0 Å². The highest BCUT2D eigenvalue weighted by molar-refractivity contribution is 5.52. The van der Waals surface area contributed by atoms with Crippen molar-refractivity contribution < 1.29 is 14.2 Å². The molecule has 1 fully saturated rings. The van der Waals surface area contributed by atoms with E-state index in [1.807, 2.05) is 12.1 Å². The molecule has 3 unspecified atom stereocenters. The van der Waals surface area contributed by atoms with Crippen LogP contribution in [0.3, 0.4) is 0 Å². The molecule has 2 N–H and O–H groups in total. The molecule has 1 aliphatic rings. The number of ether oxygens (including phenoxy) is 3. The summed E-state index contributed by atoms with van der Waals surface area (Å²) in [5.74, 6) is 3.40. The summed E-state index contributed by atoms with van der Waals surface area (Å²) in [6.45, 7) is 2.31. The third-order valence-corrected chi connectivity index (χ3v) is 4.58. The Labute approximate surface area is 127 Å². The van der Waals surface area contributed by atoms with Crippen molar-refractivity contribution in [3.05, 3.63) is 17.7 Å². The van der Waals surface area contributed by atoms with Gasteiger partial charge in [0.1, 0.15) is 5.75 Å². The van der Waals surface area contributed by atoms with Crippen LogP contribution in [0.4, 0.5) is 0 Å². The Morgan fingerprint density at radius 3 is 2.19 bits per heavy atom. The van der Waals surface area contributed by atoms with Gasteiger partial charge in [0, 0.05) is 17.7 Å². The molecule has 2 rings (SSSR count). The zero-order valence-electron chi connectivity index (χ0n) is 13.5. The molecule has 0 aliphatic heterocycles. The van der Waals surface area contributed by atoms with Gasteiger partial charge in [0.05, 0.1) is 21.3 Å². The Kier molecular flexibility index (Phi) is 5.34. The molecule has 3 atom stereocenters. The Morgan fingerprint density at radius 1 is 1.00 bits per heavy atom. The first-order valence-corrected chi connectivity index (χ1v) is 7.66. The average Bonchev–Trinajstić information content (AvgIpc) is 2.52. The number of rotatable bonds is 5. The van der Waals surface area contributed by atoms with Crippen LogP contribution in [0.1, 0.15) is 44.2 Å². The second kappa shape index (κ2) is 7.03. The first-order chi connectivity index (χ1) is 10.1. The van der Waals surface area contributed by atoms with E-state index in [1.54, 1.807) is 21.3 Å². The van der Waals surface area contributed by atoms with E-state index in [1.165, 1.54) is 25.7 Å². The molecule has 0 bridgehead atoms. The molecule has 0 aromatic heterocycles. The van der Waals surface area contributed by atoms with Crippen LogP contribution in [-0.4, -0.2) is 21.3 Å². The second-order valence-corrected chi connectivity index (χ2v) is 6.01. The maximum Gasteiger partial charge on any atom is 0.164 e. The summed E-state index contributed by atoms with van der Waals surface area (Å²) in [5, 5.41) is 0. The molecule has 0 saturated heterocycles. The molecule has 21 heavy (non-hydrogen) atoms. The van der Waals surface area contributed by atoms with Crippen molar-refractivity contribution in [2.75, 3.05) is 21.3 Å². The molecule has 0 amide bonds. The van der Waals surface area contributed by atoms with Gasteiger partial charge >= 0.3 is 0 Å². The first kappa shape index (κ1) is 16.0. The number of hydrogen-bond donors (Lipinski definition) is 1. The monoisotopic (exact) mass is 293 g/mol. The number of hydrogen-bond acceptors (Lipinski definition) is 4. The topological polar surface area (TPSA) is 53.7 Å². The summed E-state index contributed by atoms with van der Waals surface area (Å²) in [6, 6.07) is 3.80. The molecule has 4 nitrogen and oxygen atoms in total. The quantitative estimate of drug-likeness (QED) is 0.902. The van der Waals surface area contributed by atoms with Gasteiger partial charge in [-0.15, -0.1) is 0 Å². The zero-order valence-corrected chi connectivity index (χ0v) is 13.5. The molecule has 0 heterocycles. The summed E-state index contributed by atoms with van der Waals surface area (Å²) in [4.78, 5) is 0. The van der Waals surface area contributed by atoms with Crippen molar-refractivity contribution in [3.63, 3.8) is 0 Å². The lowest BCUT2D eigenvalue weighted by molar-refractivity contribution is 0.244. The van der Waals surface area contributed by atoms with Crippen molar-refractivity contribution in [2.45, 2.75) is 38.6 Å². The van der Waals surface area contributed by atoms with E-state index in [-0.39, 0.29) is 6.04 Å². The van der Waals surface area contributed by atoms with Gasteiger partial charge in [0.25, 0.3) is 0 Å². The molecular weight excluding hydrogens is 266 g/mol. The maximum absolute atomic E-state index is 6.55. The van der Waals surface area contributed by atoms with Gasteiger partial charge in [0.2, 0.25) is 0 Å². The highest BCUT2D eigenvalue weighted by Crippen LogP contribution is 2.42. The number of benzene rings is 1. The van der Waals surface area contributed by atoms with Gasteiger partial charge in [0.15, 0.2) is 11.5 Å².